The normalized spacial score (nSPS) is 12.5. The maximum atomic E-state index is 11.6. The molecule has 146 valence electrons. The topological polar surface area (TPSA) is 66.8 Å². The molecule has 0 saturated carbocycles. The molecule has 1 atom stereocenters. The summed E-state index contributed by atoms with van der Waals surface area (Å²) in [4.78, 5) is 11.6. The Balaban J connectivity index is 0. The van der Waals surface area contributed by atoms with Gasteiger partial charge in [0.25, 0.3) is 0 Å². The van der Waals surface area contributed by atoms with E-state index in [-0.39, 0.29) is 24.8 Å². The maximum absolute atomic E-state index is 11.6. The molecule has 0 aliphatic heterocycles. The molecule has 0 radical (unpaired) electrons. The van der Waals surface area contributed by atoms with E-state index in [0.717, 1.165) is 25.7 Å². The summed E-state index contributed by atoms with van der Waals surface area (Å²) in [5, 5.41) is 18.5. The average Bonchev–Trinajstić information content (AvgIpc) is 2.42. The van der Waals surface area contributed by atoms with Crippen molar-refractivity contribution in [2.75, 3.05) is 40.9 Å². The SMILES string of the molecule is C[N+](C)(C)CC(O)CC(=O)OCCCCCCCCCCCO.[Cl-]. The molecule has 0 aromatic rings. The summed E-state index contributed by atoms with van der Waals surface area (Å²) < 4.78 is 5.80. The Hall–Kier alpha value is -0.360. The van der Waals surface area contributed by atoms with Gasteiger partial charge in [-0.1, -0.05) is 44.9 Å². The molecule has 0 spiro atoms. The molecule has 0 aliphatic carbocycles. The second kappa shape index (κ2) is 16.1. The van der Waals surface area contributed by atoms with E-state index in [1.165, 1.54) is 32.1 Å². The maximum Gasteiger partial charge on any atom is 0.308 e. The number of hydrogen-bond acceptors (Lipinski definition) is 4. The quantitative estimate of drug-likeness (QED) is 0.232. The Labute approximate surface area is 154 Å². The predicted octanol–water partition coefficient (Wildman–Crippen LogP) is -0.506. The minimum Gasteiger partial charge on any atom is -1.00 e. The van der Waals surface area contributed by atoms with Crippen molar-refractivity contribution in [3.8, 4) is 0 Å². The fraction of sp³-hybridized carbons (Fsp3) is 0.944. The summed E-state index contributed by atoms with van der Waals surface area (Å²) >= 11 is 0. The summed E-state index contributed by atoms with van der Waals surface area (Å²) in [6.07, 6.45) is 9.64. The molecule has 0 aromatic carbocycles. The van der Waals surface area contributed by atoms with E-state index in [9.17, 15) is 9.90 Å². The number of ether oxygens (including phenoxy) is 1. The van der Waals surface area contributed by atoms with E-state index in [4.69, 9.17) is 9.84 Å². The molecule has 2 N–H and O–H groups in total. The molecule has 0 aliphatic rings. The van der Waals surface area contributed by atoms with Crippen molar-refractivity contribution in [2.24, 2.45) is 0 Å². The van der Waals surface area contributed by atoms with E-state index in [2.05, 4.69) is 0 Å². The number of halogens is 1. The van der Waals surface area contributed by atoms with Crippen LogP contribution in [-0.2, 0) is 9.53 Å². The number of rotatable bonds is 15. The summed E-state index contributed by atoms with van der Waals surface area (Å²) in [6.45, 7) is 1.32. The van der Waals surface area contributed by atoms with E-state index in [0.29, 0.717) is 24.2 Å². The molecular formula is C18H38ClNO4. The Bertz CT molecular complexity index is 295. The molecule has 5 nitrogen and oxygen atoms in total. The van der Waals surface area contributed by atoms with Gasteiger partial charge in [0.2, 0.25) is 0 Å². The highest BCUT2D eigenvalue weighted by Gasteiger charge is 2.19. The molecular weight excluding hydrogens is 330 g/mol. The number of nitrogens with zero attached hydrogens (tertiary/aromatic N) is 1. The smallest absolute Gasteiger partial charge is 0.308 e. The zero-order valence-electron chi connectivity index (χ0n) is 15.8. The minimum absolute atomic E-state index is 0. The number of carbonyl (C=O) groups excluding carboxylic acids is 1. The number of likely N-dealkylation sites (N-methyl/N-ethyl adjacent to an activating group) is 1. The van der Waals surface area contributed by atoms with Gasteiger partial charge in [0, 0.05) is 6.61 Å². The van der Waals surface area contributed by atoms with Gasteiger partial charge in [0.05, 0.1) is 34.2 Å². The van der Waals surface area contributed by atoms with Crippen LogP contribution in [0.25, 0.3) is 0 Å². The Morgan fingerprint density at radius 1 is 0.917 bits per heavy atom. The van der Waals surface area contributed by atoms with E-state index >= 15 is 0 Å². The van der Waals surface area contributed by atoms with E-state index in [1.807, 2.05) is 21.1 Å². The number of aliphatic hydroxyl groups excluding tert-OH is 2. The van der Waals surface area contributed by atoms with Gasteiger partial charge in [0.15, 0.2) is 0 Å². The molecule has 0 fully saturated rings. The van der Waals surface area contributed by atoms with Crippen LogP contribution in [0.1, 0.15) is 64.2 Å². The second-order valence-electron chi connectivity index (χ2n) is 7.46. The minimum atomic E-state index is -0.631. The molecule has 6 heteroatoms. The lowest BCUT2D eigenvalue weighted by Crippen LogP contribution is -3.00. The van der Waals surface area contributed by atoms with Crippen molar-refractivity contribution in [1.29, 1.82) is 0 Å². The largest absolute Gasteiger partial charge is 1.00 e. The third kappa shape index (κ3) is 19.7. The summed E-state index contributed by atoms with van der Waals surface area (Å²) in [5.41, 5.74) is 0. The first kappa shape index (κ1) is 25.9. The number of quaternary nitrogens is 1. The lowest BCUT2D eigenvalue weighted by molar-refractivity contribution is -0.873. The van der Waals surface area contributed by atoms with Gasteiger partial charge in [0.1, 0.15) is 12.6 Å². The van der Waals surface area contributed by atoms with Crippen LogP contribution in [-0.4, -0.2) is 67.7 Å². The predicted molar refractivity (Wildman–Crippen MR) is 93.1 cm³/mol. The fourth-order valence-electron chi connectivity index (χ4n) is 2.59. The van der Waals surface area contributed by atoms with Crippen LogP contribution in [0.4, 0.5) is 0 Å². The van der Waals surface area contributed by atoms with Crippen LogP contribution >= 0.6 is 0 Å². The van der Waals surface area contributed by atoms with Gasteiger partial charge in [-0.3, -0.25) is 4.79 Å². The van der Waals surface area contributed by atoms with Gasteiger partial charge in [-0.15, -0.1) is 0 Å². The van der Waals surface area contributed by atoms with Gasteiger partial charge in [-0.2, -0.15) is 0 Å². The molecule has 24 heavy (non-hydrogen) atoms. The van der Waals surface area contributed by atoms with Crippen molar-refractivity contribution in [1.82, 2.24) is 0 Å². The monoisotopic (exact) mass is 367 g/mol. The number of hydrogen-bond donors (Lipinski definition) is 2. The third-order valence-electron chi connectivity index (χ3n) is 3.73. The van der Waals surface area contributed by atoms with Crippen LogP contribution in [0.15, 0.2) is 0 Å². The summed E-state index contributed by atoms with van der Waals surface area (Å²) in [5.74, 6) is -0.296. The Morgan fingerprint density at radius 2 is 1.38 bits per heavy atom. The standard InChI is InChI=1S/C18H38NO4.ClH/c1-19(2,3)16-17(21)15-18(22)23-14-12-10-8-6-4-5-7-9-11-13-20;/h17,20-21H,4-16H2,1-3H3;1H/q+1;/p-1. The fourth-order valence-corrected chi connectivity index (χ4v) is 2.59. The van der Waals surface area contributed by atoms with Crippen molar-refractivity contribution in [3.05, 3.63) is 0 Å². The van der Waals surface area contributed by atoms with Gasteiger partial charge < -0.3 is 31.8 Å². The highest BCUT2D eigenvalue weighted by atomic mass is 35.5. The Kier molecular flexibility index (Phi) is 17.4. The summed E-state index contributed by atoms with van der Waals surface area (Å²) in [6, 6.07) is 0. The highest BCUT2D eigenvalue weighted by Crippen LogP contribution is 2.10. The zero-order chi connectivity index (χ0) is 17.6. The molecule has 0 bridgehead atoms. The van der Waals surface area contributed by atoms with E-state index < -0.39 is 6.10 Å². The van der Waals surface area contributed by atoms with Crippen LogP contribution < -0.4 is 12.4 Å². The number of carbonyl (C=O) groups is 1. The number of unbranched alkanes of at least 4 members (excludes halogenated alkanes) is 8. The van der Waals surface area contributed by atoms with Crippen LogP contribution in [0.2, 0.25) is 0 Å². The summed E-state index contributed by atoms with van der Waals surface area (Å²) in [7, 11) is 5.96. The number of aliphatic hydroxyl groups is 2. The lowest BCUT2D eigenvalue weighted by Gasteiger charge is -2.26. The van der Waals surface area contributed by atoms with Gasteiger partial charge in [-0.05, 0) is 12.8 Å². The Morgan fingerprint density at radius 3 is 1.83 bits per heavy atom. The average molecular weight is 368 g/mol. The first-order valence-electron chi connectivity index (χ1n) is 9.10. The first-order valence-corrected chi connectivity index (χ1v) is 9.10. The molecule has 0 rings (SSSR count). The van der Waals surface area contributed by atoms with Gasteiger partial charge in [-0.25, -0.2) is 0 Å². The van der Waals surface area contributed by atoms with Crippen molar-refractivity contribution in [3.63, 3.8) is 0 Å². The molecule has 0 heterocycles. The van der Waals surface area contributed by atoms with Gasteiger partial charge >= 0.3 is 5.97 Å². The molecule has 1 unspecified atom stereocenters. The van der Waals surface area contributed by atoms with Crippen LogP contribution in [0.5, 0.6) is 0 Å². The van der Waals surface area contributed by atoms with Crippen molar-refractivity contribution in [2.45, 2.75) is 70.3 Å². The lowest BCUT2D eigenvalue weighted by atomic mass is 10.1. The van der Waals surface area contributed by atoms with Crippen LogP contribution in [0, 0.1) is 0 Å². The first-order chi connectivity index (χ1) is 10.8. The molecule has 0 aromatic heterocycles. The highest BCUT2D eigenvalue weighted by molar-refractivity contribution is 5.69. The zero-order valence-corrected chi connectivity index (χ0v) is 16.6. The van der Waals surface area contributed by atoms with Crippen molar-refractivity contribution < 1.29 is 36.6 Å². The molecule has 0 amide bonds. The third-order valence-corrected chi connectivity index (χ3v) is 3.73. The second-order valence-corrected chi connectivity index (χ2v) is 7.46. The number of esters is 1. The van der Waals surface area contributed by atoms with Crippen molar-refractivity contribution >= 4 is 5.97 Å². The molecule has 0 saturated heterocycles. The van der Waals surface area contributed by atoms with Crippen LogP contribution in [0.3, 0.4) is 0 Å². The van der Waals surface area contributed by atoms with E-state index in [1.54, 1.807) is 0 Å².